The smallest absolute Gasteiger partial charge is 0.270 e. The Balaban J connectivity index is 1.22. The normalized spacial score (nSPS) is 10.8. The molecule has 0 aliphatic rings. The third-order valence-electron chi connectivity index (χ3n) is 5.82. The van der Waals surface area contributed by atoms with Crippen LogP contribution in [0.15, 0.2) is 83.6 Å². The fourth-order valence-corrected chi connectivity index (χ4v) is 5.65. The summed E-state index contributed by atoms with van der Waals surface area (Å²) in [5, 5.41) is 15.2. The van der Waals surface area contributed by atoms with Crippen molar-refractivity contribution in [3.8, 4) is 28.6 Å². The van der Waals surface area contributed by atoms with Crippen molar-refractivity contribution in [3.63, 3.8) is 0 Å². The summed E-state index contributed by atoms with van der Waals surface area (Å²) in [7, 11) is 3.21. The molecule has 0 atom stereocenters. The van der Waals surface area contributed by atoms with Crippen LogP contribution < -0.4 is 14.8 Å². The molecule has 1 amide bonds. The van der Waals surface area contributed by atoms with Crippen LogP contribution in [0.5, 0.6) is 11.5 Å². The van der Waals surface area contributed by atoms with Crippen LogP contribution in [0.1, 0.15) is 21.1 Å². The van der Waals surface area contributed by atoms with Crippen molar-refractivity contribution < 1.29 is 14.3 Å². The van der Waals surface area contributed by atoms with Gasteiger partial charge in [0.1, 0.15) is 10.7 Å². The molecule has 2 aromatic carbocycles. The molecule has 3 aromatic heterocycles. The first-order valence-corrected chi connectivity index (χ1v) is 14.0. The SMILES string of the molecule is COc1ccc(CCNC(=O)c2csc(CSc3nnc(-c4cccnc4)n3-c3ccccc3)n2)cc1OC. The Morgan fingerprint density at radius 2 is 1.87 bits per heavy atom. The Kier molecular flexibility index (Phi) is 8.49. The Bertz CT molecular complexity index is 1540. The first kappa shape index (κ1) is 26.4. The molecule has 0 aliphatic carbocycles. The van der Waals surface area contributed by atoms with Gasteiger partial charge in [0.2, 0.25) is 0 Å². The highest BCUT2D eigenvalue weighted by molar-refractivity contribution is 7.98. The second-order valence-corrected chi connectivity index (χ2v) is 10.2. The molecule has 0 spiro atoms. The second kappa shape index (κ2) is 12.5. The Labute approximate surface area is 234 Å². The van der Waals surface area contributed by atoms with Gasteiger partial charge in [0.15, 0.2) is 22.5 Å². The minimum absolute atomic E-state index is 0.200. The summed E-state index contributed by atoms with van der Waals surface area (Å²) in [6.45, 7) is 0.479. The van der Waals surface area contributed by atoms with Crippen molar-refractivity contribution in [1.82, 2.24) is 30.0 Å². The summed E-state index contributed by atoms with van der Waals surface area (Å²) in [5.74, 6) is 2.41. The molecule has 5 rings (SSSR count). The number of rotatable bonds is 11. The number of thioether (sulfide) groups is 1. The van der Waals surface area contributed by atoms with E-state index in [-0.39, 0.29) is 5.91 Å². The predicted octanol–water partition coefficient (Wildman–Crippen LogP) is 5.07. The van der Waals surface area contributed by atoms with Crippen LogP contribution in [0, 0.1) is 0 Å². The summed E-state index contributed by atoms with van der Waals surface area (Å²) in [4.78, 5) is 21.5. The number of aromatic nitrogens is 5. The maximum Gasteiger partial charge on any atom is 0.270 e. The van der Waals surface area contributed by atoms with Gasteiger partial charge >= 0.3 is 0 Å². The van der Waals surface area contributed by atoms with E-state index in [9.17, 15) is 4.79 Å². The van der Waals surface area contributed by atoms with Crippen LogP contribution in [-0.2, 0) is 12.2 Å². The van der Waals surface area contributed by atoms with Gasteiger partial charge < -0.3 is 14.8 Å². The summed E-state index contributed by atoms with van der Waals surface area (Å²) in [6.07, 6.45) is 4.16. The average molecular weight is 559 g/mol. The zero-order chi connectivity index (χ0) is 27.0. The molecule has 5 aromatic rings. The van der Waals surface area contributed by atoms with E-state index in [1.807, 2.05) is 65.2 Å². The van der Waals surface area contributed by atoms with Crippen LogP contribution in [0.3, 0.4) is 0 Å². The van der Waals surface area contributed by atoms with Crippen LogP contribution in [0.2, 0.25) is 0 Å². The number of carbonyl (C=O) groups excluding carboxylic acids is 1. The average Bonchev–Trinajstić information content (AvgIpc) is 3.64. The van der Waals surface area contributed by atoms with Gasteiger partial charge in [0, 0.05) is 35.6 Å². The minimum atomic E-state index is -0.200. The van der Waals surface area contributed by atoms with Crippen LogP contribution in [0.4, 0.5) is 0 Å². The van der Waals surface area contributed by atoms with Gasteiger partial charge in [-0.05, 0) is 48.4 Å². The molecule has 0 aliphatic heterocycles. The number of para-hydroxylation sites is 1. The monoisotopic (exact) mass is 558 g/mol. The standard InChI is InChI=1S/C28H26N6O3S2/c1-36-23-11-10-19(15-24(23)37-2)12-14-30-27(35)22-17-38-25(31-22)18-39-28-33-32-26(20-7-6-13-29-16-20)34(28)21-8-4-3-5-9-21/h3-11,13,15-17H,12,14,18H2,1-2H3,(H,30,35). The summed E-state index contributed by atoms with van der Waals surface area (Å²) in [5.41, 5.74) is 3.28. The number of nitrogens with one attached hydrogen (secondary N) is 1. The molecule has 1 N–H and O–H groups in total. The van der Waals surface area contributed by atoms with Gasteiger partial charge in [-0.15, -0.1) is 21.5 Å². The number of thiazole rings is 1. The number of carbonyl (C=O) groups is 1. The molecule has 9 nitrogen and oxygen atoms in total. The maximum absolute atomic E-state index is 12.7. The van der Waals surface area contributed by atoms with Gasteiger partial charge in [-0.1, -0.05) is 36.0 Å². The topological polar surface area (TPSA) is 104 Å². The van der Waals surface area contributed by atoms with Crippen molar-refractivity contribution in [2.75, 3.05) is 20.8 Å². The fourth-order valence-electron chi connectivity index (χ4n) is 3.91. The molecule has 11 heteroatoms. The highest BCUT2D eigenvalue weighted by Gasteiger charge is 2.18. The van der Waals surface area contributed by atoms with Crippen molar-refractivity contribution in [3.05, 3.63) is 94.7 Å². The number of ether oxygens (including phenoxy) is 2. The Hall–Kier alpha value is -4.22. The zero-order valence-electron chi connectivity index (χ0n) is 21.4. The largest absolute Gasteiger partial charge is 0.493 e. The summed E-state index contributed by atoms with van der Waals surface area (Å²) >= 11 is 2.97. The van der Waals surface area contributed by atoms with Crippen LogP contribution in [0.25, 0.3) is 17.1 Å². The van der Waals surface area contributed by atoms with E-state index in [0.717, 1.165) is 27.0 Å². The summed E-state index contributed by atoms with van der Waals surface area (Å²) in [6, 6.07) is 19.5. The number of nitrogens with zero attached hydrogens (tertiary/aromatic N) is 5. The molecule has 3 heterocycles. The van der Waals surface area contributed by atoms with E-state index in [1.54, 1.807) is 32.0 Å². The van der Waals surface area contributed by atoms with E-state index in [4.69, 9.17) is 9.47 Å². The first-order chi connectivity index (χ1) is 19.2. The molecular weight excluding hydrogens is 532 g/mol. The minimum Gasteiger partial charge on any atom is -0.493 e. The second-order valence-electron chi connectivity index (χ2n) is 8.33. The van der Waals surface area contributed by atoms with Crippen molar-refractivity contribution in [2.45, 2.75) is 17.3 Å². The zero-order valence-corrected chi connectivity index (χ0v) is 23.0. The molecule has 0 saturated carbocycles. The first-order valence-electron chi connectivity index (χ1n) is 12.1. The van der Waals surface area contributed by atoms with Gasteiger partial charge in [0.05, 0.1) is 20.0 Å². The molecule has 0 bridgehead atoms. The van der Waals surface area contributed by atoms with Gasteiger partial charge in [-0.3, -0.25) is 14.3 Å². The highest BCUT2D eigenvalue weighted by atomic mass is 32.2. The maximum atomic E-state index is 12.7. The number of benzene rings is 2. The van der Waals surface area contributed by atoms with Crippen LogP contribution in [-0.4, -0.2) is 51.4 Å². The Morgan fingerprint density at radius 3 is 2.64 bits per heavy atom. The van der Waals surface area contributed by atoms with Crippen molar-refractivity contribution in [1.29, 1.82) is 0 Å². The third-order valence-corrected chi connectivity index (χ3v) is 7.80. The molecule has 39 heavy (non-hydrogen) atoms. The lowest BCUT2D eigenvalue weighted by Gasteiger charge is -2.10. The molecular formula is C28H26N6O3S2. The molecule has 0 radical (unpaired) electrons. The molecule has 0 fully saturated rings. The van der Waals surface area contributed by atoms with E-state index < -0.39 is 0 Å². The van der Waals surface area contributed by atoms with Gasteiger partial charge in [-0.2, -0.15) is 0 Å². The molecule has 0 saturated heterocycles. The lowest BCUT2D eigenvalue weighted by molar-refractivity contribution is 0.0949. The van der Waals surface area contributed by atoms with Gasteiger partial charge in [0.25, 0.3) is 5.91 Å². The van der Waals surface area contributed by atoms with Gasteiger partial charge in [-0.25, -0.2) is 4.98 Å². The van der Waals surface area contributed by atoms with E-state index in [1.165, 1.54) is 23.1 Å². The molecule has 0 unspecified atom stereocenters. The number of amides is 1. The quantitative estimate of drug-likeness (QED) is 0.224. The number of pyridine rings is 1. The lowest BCUT2D eigenvalue weighted by atomic mass is 10.1. The van der Waals surface area contributed by atoms with E-state index >= 15 is 0 Å². The Morgan fingerprint density at radius 1 is 1.03 bits per heavy atom. The third kappa shape index (κ3) is 6.27. The van der Waals surface area contributed by atoms with E-state index in [2.05, 4.69) is 25.5 Å². The highest BCUT2D eigenvalue weighted by Crippen LogP contribution is 2.30. The summed E-state index contributed by atoms with van der Waals surface area (Å²) < 4.78 is 12.6. The van der Waals surface area contributed by atoms with Crippen LogP contribution >= 0.6 is 23.1 Å². The number of hydrogen-bond acceptors (Lipinski definition) is 9. The number of hydrogen-bond donors (Lipinski definition) is 1. The van der Waals surface area contributed by atoms with Crippen molar-refractivity contribution >= 4 is 29.0 Å². The fraction of sp³-hybridized carbons (Fsp3) is 0.179. The van der Waals surface area contributed by atoms with E-state index in [0.29, 0.717) is 41.7 Å². The predicted molar refractivity (Wildman–Crippen MR) is 152 cm³/mol. The van der Waals surface area contributed by atoms with Crippen molar-refractivity contribution in [2.24, 2.45) is 0 Å². The lowest BCUT2D eigenvalue weighted by Crippen LogP contribution is -2.26. The number of methoxy groups -OCH3 is 2. The molecule has 198 valence electrons.